The number of aliphatic carboxylic acids is 1. The van der Waals surface area contributed by atoms with E-state index in [4.69, 9.17) is 16.7 Å². The number of rotatable bonds is 8. The fourth-order valence-corrected chi connectivity index (χ4v) is 3.55. The molecule has 2 aromatic rings. The lowest BCUT2D eigenvalue weighted by molar-refractivity contribution is -0.143. The highest BCUT2D eigenvalue weighted by Gasteiger charge is 2.44. The minimum atomic E-state index is -1.09. The van der Waals surface area contributed by atoms with E-state index in [0.29, 0.717) is 17.1 Å². The van der Waals surface area contributed by atoms with Crippen LogP contribution in [0.5, 0.6) is 0 Å². The first-order valence-corrected chi connectivity index (χ1v) is 9.92. The van der Waals surface area contributed by atoms with Gasteiger partial charge in [0.2, 0.25) is 11.8 Å². The second-order valence-corrected chi connectivity index (χ2v) is 7.42. The van der Waals surface area contributed by atoms with Gasteiger partial charge < -0.3 is 10.0 Å². The van der Waals surface area contributed by atoms with Gasteiger partial charge in [0.15, 0.2) is 0 Å². The van der Waals surface area contributed by atoms with Gasteiger partial charge in [-0.2, -0.15) is 0 Å². The molecule has 0 spiro atoms. The number of carbonyl (C=O) groups is 4. The zero-order valence-electron chi connectivity index (χ0n) is 16.2. The van der Waals surface area contributed by atoms with Crippen LogP contribution in [0, 0.1) is 0 Å². The lowest BCUT2D eigenvalue weighted by atomic mass is 10.1. The molecule has 156 valence electrons. The van der Waals surface area contributed by atoms with Gasteiger partial charge in [-0.3, -0.25) is 19.2 Å². The number of halogens is 1. The van der Waals surface area contributed by atoms with Crippen molar-refractivity contribution in [3.05, 3.63) is 65.2 Å². The molecule has 7 nitrogen and oxygen atoms in total. The molecular weight excluding hydrogens is 408 g/mol. The van der Waals surface area contributed by atoms with E-state index in [0.717, 1.165) is 10.5 Å². The number of carboxylic acid groups (broad SMARTS) is 1. The van der Waals surface area contributed by atoms with Crippen LogP contribution in [0.4, 0.5) is 5.69 Å². The van der Waals surface area contributed by atoms with Crippen molar-refractivity contribution in [2.75, 3.05) is 11.4 Å². The third-order valence-electron chi connectivity index (χ3n) is 4.94. The molecule has 30 heavy (non-hydrogen) atoms. The predicted octanol–water partition coefficient (Wildman–Crippen LogP) is 2.91. The summed E-state index contributed by atoms with van der Waals surface area (Å²) in [5.41, 5.74) is 1.36. The van der Waals surface area contributed by atoms with E-state index >= 15 is 0 Å². The molecule has 0 aromatic heterocycles. The van der Waals surface area contributed by atoms with Gasteiger partial charge in [0.1, 0.15) is 6.04 Å². The summed E-state index contributed by atoms with van der Waals surface area (Å²) in [5, 5.41) is 9.39. The third kappa shape index (κ3) is 5.04. The van der Waals surface area contributed by atoms with E-state index in [-0.39, 0.29) is 25.8 Å². The van der Waals surface area contributed by atoms with Crippen LogP contribution in [0.2, 0.25) is 5.02 Å². The molecule has 0 radical (unpaired) electrons. The molecule has 1 unspecified atom stereocenters. The van der Waals surface area contributed by atoms with E-state index in [1.165, 1.54) is 4.90 Å². The quantitative estimate of drug-likeness (QED) is 0.652. The largest absolute Gasteiger partial charge is 0.481 e. The van der Waals surface area contributed by atoms with Crippen molar-refractivity contribution >= 4 is 41.0 Å². The smallest absolute Gasteiger partial charge is 0.303 e. The molecule has 1 saturated heterocycles. The molecule has 1 fully saturated rings. The Morgan fingerprint density at radius 3 is 2.33 bits per heavy atom. The average Bonchev–Trinajstić information content (AvgIpc) is 3.02. The fourth-order valence-electron chi connectivity index (χ4n) is 3.43. The minimum absolute atomic E-state index is 0.144. The molecule has 1 aliphatic rings. The molecule has 1 atom stereocenters. The summed E-state index contributed by atoms with van der Waals surface area (Å²) in [6, 6.07) is 14.8. The normalized spacial score (nSPS) is 16.0. The van der Waals surface area contributed by atoms with Crippen LogP contribution in [0.25, 0.3) is 0 Å². The van der Waals surface area contributed by atoms with Gasteiger partial charge in [-0.05, 0) is 36.2 Å². The third-order valence-corrected chi connectivity index (χ3v) is 5.19. The van der Waals surface area contributed by atoms with Gasteiger partial charge in [0, 0.05) is 18.0 Å². The van der Waals surface area contributed by atoms with E-state index in [1.807, 2.05) is 30.3 Å². The van der Waals surface area contributed by atoms with Crippen LogP contribution < -0.4 is 4.90 Å². The highest BCUT2D eigenvalue weighted by Crippen LogP contribution is 2.27. The Balaban J connectivity index is 1.81. The molecule has 0 saturated carbocycles. The molecule has 0 aliphatic carbocycles. The number of hydrogen-bond acceptors (Lipinski definition) is 4. The van der Waals surface area contributed by atoms with Crippen molar-refractivity contribution in [3.63, 3.8) is 0 Å². The summed E-state index contributed by atoms with van der Waals surface area (Å²) in [4.78, 5) is 51.7. The Hall–Kier alpha value is -3.19. The lowest BCUT2D eigenvalue weighted by Gasteiger charge is -2.27. The Kier molecular flexibility index (Phi) is 6.84. The first kappa shape index (κ1) is 21.5. The first-order chi connectivity index (χ1) is 14.4. The van der Waals surface area contributed by atoms with Gasteiger partial charge in [0.25, 0.3) is 5.91 Å². The lowest BCUT2D eigenvalue weighted by Crippen LogP contribution is -2.46. The Bertz CT molecular complexity index is 946. The number of benzene rings is 2. The number of carboxylic acids is 1. The van der Waals surface area contributed by atoms with Crippen LogP contribution in [0.1, 0.15) is 24.8 Å². The molecule has 3 rings (SSSR count). The zero-order chi connectivity index (χ0) is 21.7. The second-order valence-electron chi connectivity index (χ2n) is 6.98. The topological polar surface area (TPSA) is 95.0 Å². The van der Waals surface area contributed by atoms with Gasteiger partial charge >= 0.3 is 5.97 Å². The standard InChI is InChI=1S/C22H21ClN2O5/c23-16-6-8-17(9-7-16)25-20(27)14-18(22(25)30)24(19(26)10-11-21(28)29)13-12-15-4-2-1-3-5-15/h1-9,18H,10-14H2,(H,28,29). The fraction of sp³-hybridized carbons (Fsp3) is 0.273. The monoisotopic (exact) mass is 428 g/mol. The van der Waals surface area contributed by atoms with Crippen molar-refractivity contribution in [1.82, 2.24) is 4.90 Å². The maximum absolute atomic E-state index is 13.1. The second kappa shape index (κ2) is 9.54. The van der Waals surface area contributed by atoms with Gasteiger partial charge in [-0.1, -0.05) is 41.9 Å². The van der Waals surface area contributed by atoms with Gasteiger partial charge in [-0.15, -0.1) is 0 Å². The Morgan fingerprint density at radius 2 is 1.70 bits per heavy atom. The van der Waals surface area contributed by atoms with Gasteiger partial charge in [0.05, 0.1) is 18.5 Å². The summed E-state index contributed by atoms with van der Waals surface area (Å²) in [5.74, 6) is -2.47. The highest BCUT2D eigenvalue weighted by atomic mass is 35.5. The van der Waals surface area contributed by atoms with Crippen LogP contribution in [-0.4, -0.2) is 46.3 Å². The Labute approximate surface area is 178 Å². The number of nitrogens with zero attached hydrogens (tertiary/aromatic N) is 2. The van der Waals surface area contributed by atoms with Crippen LogP contribution >= 0.6 is 11.6 Å². The van der Waals surface area contributed by atoms with E-state index in [2.05, 4.69) is 0 Å². The van der Waals surface area contributed by atoms with E-state index in [9.17, 15) is 19.2 Å². The molecule has 3 amide bonds. The molecule has 1 N–H and O–H groups in total. The number of hydrogen-bond donors (Lipinski definition) is 1. The van der Waals surface area contributed by atoms with Crippen LogP contribution in [-0.2, 0) is 25.6 Å². The summed E-state index contributed by atoms with van der Waals surface area (Å²) < 4.78 is 0. The number of imide groups is 1. The molecule has 8 heteroatoms. The van der Waals surface area contributed by atoms with Gasteiger partial charge in [-0.25, -0.2) is 4.90 Å². The summed E-state index contributed by atoms with van der Waals surface area (Å²) in [7, 11) is 0. The molecular formula is C22H21ClN2O5. The van der Waals surface area contributed by atoms with Crippen LogP contribution in [0.3, 0.4) is 0 Å². The molecule has 1 aliphatic heterocycles. The van der Waals surface area contributed by atoms with Crippen molar-refractivity contribution < 1.29 is 24.3 Å². The number of anilines is 1. The Morgan fingerprint density at radius 1 is 1.03 bits per heavy atom. The summed E-state index contributed by atoms with van der Waals surface area (Å²) in [6.07, 6.45) is -0.229. The van der Waals surface area contributed by atoms with E-state index < -0.39 is 29.7 Å². The van der Waals surface area contributed by atoms with Crippen molar-refractivity contribution in [1.29, 1.82) is 0 Å². The number of amides is 3. The maximum atomic E-state index is 13.1. The highest BCUT2D eigenvalue weighted by molar-refractivity contribution is 6.30. The molecule has 2 aromatic carbocycles. The SMILES string of the molecule is O=C(O)CCC(=O)N(CCc1ccccc1)C1CC(=O)N(c2ccc(Cl)cc2)C1=O. The molecule has 0 bridgehead atoms. The van der Waals surface area contributed by atoms with Crippen molar-refractivity contribution in [3.8, 4) is 0 Å². The minimum Gasteiger partial charge on any atom is -0.481 e. The van der Waals surface area contributed by atoms with Crippen molar-refractivity contribution in [2.24, 2.45) is 0 Å². The van der Waals surface area contributed by atoms with Crippen molar-refractivity contribution in [2.45, 2.75) is 31.7 Å². The first-order valence-electron chi connectivity index (χ1n) is 9.54. The average molecular weight is 429 g/mol. The number of carbonyl (C=O) groups excluding carboxylic acids is 3. The zero-order valence-corrected chi connectivity index (χ0v) is 16.9. The van der Waals surface area contributed by atoms with E-state index in [1.54, 1.807) is 24.3 Å². The van der Waals surface area contributed by atoms with Crippen LogP contribution in [0.15, 0.2) is 54.6 Å². The summed E-state index contributed by atoms with van der Waals surface area (Å²) >= 11 is 5.88. The maximum Gasteiger partial charge on any atom is 0.303 e. The molecule has 1 heterocycles. The summed E-state index contributed by atoms with van der Waals surface area (Å²) in [6.45, 7) is 0.209. The predicted molar refractivity (Wildman–Crippen MR) is 111 cm³/mol.